The van der Waals surface area contributed by atoms with Gasteiger partial charge in [0.15, 0.2) is 11.5 Å². The first-order chi connectivity index (χ1) is 10.1. The Balaban J connectivity index is 1.75. The topological polar surface area (TPSA) is 38.1 Å². The highest BCUT2D eigenvalue weighted by Gasteiger charge is 2.07. The average molecular weight is 288 g/mol. The largest absolute Gasteiger partial charge is 0.441 e. The van der Waals surface area contributed by atoms with Crippen molar-refractivity contribution in [3.05, 3.63) is 59.5 Å². The Morgan fingerprint density at radius 3 is 2.86 bits per heavy atom. The number of anilines is 1. The molecular weight excluding hydrogens is 274 g/mol. The summed E-state index contributed by atoms with van der Waals surface area (Å²) in [5.41, 5.74) is 3.23. The fourth-order valence-corrected chi connectivity index (χ4v) is 2.20. The molecule has 3 rings (SSSR count). The second-order valence-corrected chi connectivity index (χ2v) is 4.81. The highest BCUT2D eigenvalue weighted by atomic mass is 19.3. The van der Waals surface area contributed by atoms with Crippen LogP contribution >= 0.6 is 0 Å². The number of hydrogen-bond acceptors (Lipinski definition) is 3. The summed E-state index contributed by atoms with van der Waals surface area (Å²) in [4.78, 5) is 4.26. The first-order valence-electron chi connectivity index (χ1n) is 6.60. The van der Waals surface area contributed by atoms with Gasteiger partial charge in [-0.25, -0.2) is 13.8 Å². The van der Waals surface area contributed by atoms with Crippen LogP contribution in [0, 0.1) is 6.92 Å². The van der Waals surface area contributed by atoms with Gasteiger partial charge in [-0.3, -0.25) is 0 Å². The second kappa shape index (κ2) is 5.52. The zero-order valence-electron chi connectivity index (χ0n) is 11.4. The highest BCUT2D eigenvalue weighted by molar-refractivity contribution is 5.77. The monoisotopic (exact) mass is 288 g/mol. The van der Waals surface area contributed by atoms with Crippen LogP contribution in [0.2, 0.25) is 0 Å². The minimum atomic E-state index is -2.44. The molecule has 0 bridgehead atoms. The van der Waals surface area contributed by atoms with E-state index in [1.54, 1.807) is 13.0 Å². The number of halogens is 2. The molecule has 1 heterocycles. The lowest BCUT2D eigenvalue weighted by Crippen LogP contribution is -2.00. The van der Waals surface area contributed by atoms with Gasteiger partial charge in [-0.05, 0) is 29.8 Å². The van der Waals surface area contributed by atoms with Crippen LogP contribution in [0.4, 0.5) is 14.5 Å². The second-order valence-electron chi connectivity index (χ2n) is 4.81. The number of nitrogens with one attached hydrogen (secondary N) is 1. The molecular formula is C16H14F2N2O. The smallest absolute Gasteiger partial charge is 0.263 e. The number of aryl methyl sites for hydroxylation is 1. The van der Waals surface area contributed by atoms with Crippen LogP contribution in [0.3, 0.4) is 0 Å². The van der Waals surface area contributed by atoms with Gasteiger partial charge >= 0.3 is 0 Å². The average Bonchev–Trinajstić information content (AvgIpc) is 2.84. The number of benzene rings is 2. The van der Waals surface area contributed by atoms with Crippen molar-refractivity contribution in [3.63, 3.8) is 0 Å². The number of aromatic nitrogens is 1. The third-order valence-corrected chi connectivity index (χ3v) is 3.19. The van der Waals surface area contributed by atoms with Gasteiger partial charge in [0, 0.05) is 24.7 Å². The van der Waals surface area contributed by atoms with Crippen LogP contribution in [-0.2, 0) is 6.54 Å². The van der Waals surface area contributed by atoms with E-state index in [2.05, 4.69) is 10.3 Å². The van der Waals surface area contributed by atoms with Crippen molar-refractivity contribution in [2.24, 2.45) is 0 Å². The van der Waals surface area contributed by atoms with Crippen molar-refractivity contribution in [2.75, 3.05) is 5.32 Å². The first kappa shape index (κ1) is 13.5. The molecule has 3 aromatic rings. The third-order valence-electron chi connectivity index (χ3n) is 3.19. The van der Waals surface area contributed by atoms with Crippen LogP contribution in [0.1, 0.15) is 23.4 Å². The molecule has 0 saturated carbocycles. The summed E-state index contributed by atoms with van der Waals surface area (Å²) in [5, 5.41) is 3.20. The van der Waals surface area contributed by atoms with E-state index in [1.807, 2.05) is 24.3 Å². The first-order valence-corrected chi connectivity index (χ1v) is 6.60. The Kier molecular flexibility index (Phi) is 3.56. The van der Waals surface area contributed by atoms with Gasteiger partial charge in [0.25, 0.3) is 6.43 Å². The minimum Gasteiger partial charge on any atom is -0.441 e. The zero-order valence-corrected chi connectivity index (χ0v) is 11.4. The molecule has 0 atom stereocenters. The number of nitrogens with zero attached hydrogens (tertiary/aromatic N) is 1. The van der Waals surface area contributed by atoms with E-state index >= 15 is 0 Å². The highest BCUT2D eigenvalue weighted by Crippen LogP contribution is 2.22. The number of fused-ring (bicyclic) bond motifs is 1. The van der Waals surface area contributed by atoms with Gasteiger partial charge in [-0.15, -0.1) is 0 Å². The van der Waals surface area contributed by atoms with Gasteiger partial charge in [-0.1, -0.05) is 18.2 Å². The predicted octanol–water partition coefficient (Wildman–Crippen LogP) is 4.69. The van der Waals surface area contributed by atoms with Crippen molar-refractivity contribution in [3.8, 4) is 0 Å². The predicted molar refractivity (Wildman–Crippen MR) is 77.5 cm³/mol. The molecule has 0 aliphatic heterocycles. The van der Waals surface area contributed by atoms with E-state index < -0.39 is 6.43 Å². The van der Waals surface area contributed by atoms with Crippen molar-refractivity contribution in [1.82, 2.24) is 4.98 Å². The molecule has 2 aromatic carbocycles. The van der Waals surface area contributed by atoms with Gasteiger partial charge in [0.1, 0.15) is 5.52 Å². The molecule has 108 valence electrons. The van der Waals surface area contributed by atoms with E-state index in [1.165, 1.54) is 12.1 Å². The zero-order chi connectivity index (χ0) is 14.8. The molecule has 0 amide bonds. The number of oxazole rings is 1. The van der Waals surface area contributed by atoms with E-state index in [-0.39, 0.29) is 5.56 Å². The summed E-state index contributed by atoms with van der Waals surface area (Å²) in [6.07, 6.45) is -2.44. The number of alkyl halides is 2. The van der Waals surface area contributed by atoms with E-state index in [0.717, 1.165) is 22.4 Å². The lowest BCUT2D eigenvalue weighted by atomic mass is 10.1. The molecule has 0 aliphatic carbocycles. The van der Waals surface area contributed by atoms with Crippen LogP contribution in [0.25, 0.3) is 11.1 Å². The fourth-order valence-electron chi connectivity index (χ4n) is 2.20. The van der Waals surface area contributed by atoms with Crippen LogP contribution < -0.4 is 5.32 Å². The summed E-state index contributed by atoms with van der Waals surface area (Å²) in [5.74, 6) is 0.617. The fraction of sp³-hybridized carbons (Fsp3) is 0.188. The Morgan fingerprint density at radius 1 is 1.19 bits per heavy atom. The van der Waals surface area contributed by atoms with Gasteiger partial charge in [0.05, 0.1) is 0 Å². The van der Waals surface area contributed by atoms with E-state index in [4.69, 9.17) is 4.42 Å². The number of hydrogen-bond donors (Lipinski definition) is 1. The molecule has 0 radical (unpaired) electrons. The van der Waals surface area contributed by atoms with E-state index in [9.17, 15) is 8.78 Å². The summed E-state index contributed by atoms with van der Waals surface area (Å²) in [6.45, 7) is 2.27. The lowest BCUT2D eigenvalue weighted by Gasteiger charge is -2.08. The summed E-state index contributed by atoms with van der Waals surface area (Å²) in [6, 6.07) is 12.0. The molecule has 0 unspecified atom stereocenters. The maximum atomic E-state index is 12.6. The van der Waals surface area contributed by atoms with Gasteiger partial charge < -0.3 is 9.73 Å². The molecule has 1 N–H and O–H groups in total. The molecule has 5 heteroatoms. The number of rotatable bonds is 4. The maximum Gasteiger partial charge on any atom is 0.263 e. The van der Waals surface area contributed by atoms with Crippen LogP contribution in [0.5, 0.6) is 0 Å². The van der Waals surface area contributed by atoms with Gasteiger partial charge in [-0.2, -0.15) is 0 Å². The molecule has 0 saturated heterocycles. The van der Waals surface area contributed by atoms with Crippen molar-refractivity contribution < 1.29 is 13.2 Å². The Labute approximate surface area is 120 Å². The summed E-state index contributed by atoms with van der Waals surface area (Å²) < 4.78 is 30.7. The molecule has 0 spiro atoms. The molecule has 0 fully saturated rings. The summed E-state index contributed by atoms with van der Waals surface area (Å²) in [7, 11) is 0. The lowest BCUT2D eigenvalue weighted by molar-refractivity contribution is 0.151. The van der Waals surface area contributed by atoms with Crippen molar-refractivity contribution >= 4 is 16.8 Å². The summed E-state index contributed by atoms with van der Waals surface area (Å²) >= 11 is 0. The Bertz CT molecular complexity index is 768. The van der Waals surface area contributed by atoms with Crippen molar-refractivity contribution in [1.29, 1.82) is 0 Å². The quantitative estimate of drug-likeness (QED) is 0.757. The van der Waals surface area contributed by atoms with Gasteiger partial charge in [0.2, 0.25) is 0 Å². The third kappa shape index (κ3) is 3.02. The molecule has 21 heavy (non-hydrogen) atoms. The molecule has 0 aliphatic rings. The van der Waals surface area contributed by atoms with Crippen LogP contribution in [0.15, 0.2) is 46.9 Å². The van der Waals surface area contributed by atoms with E-state index in [0.29, 0.717) is 12.4 Å². The standard InChI is InChI=1S/C16H14F2N2O/c1-10-20-14-8-13(5-6-15(14)21-10)19-9-11-3-2-4-12(7-11)16(17)18/h2-8,16,19H,9H2,1H3. The van der Waals surface area contributed by atoms with Crippen molar-refractivity contribution in [2.45, 2.75) is 19.9 Å². The Hall–Kier alpha value is -2.43. The SMILES string of the molecule is Cc1nc2cc(NCc3cccc(C(F)F)c3)ccc2o1. The minimum absolute atomic E-state index is 0.0388. The normalized spacial score (nSPS) is 11.2. The van der Waals surface area contributed by atoms with Crippen LogP contribution in [-0.4, -0.2) is 4.98 Å². The Morgan fingerprint density at radius 2 is 2.05 bits per heavy atom. The maximum absolute atomic E-state index is 12.6. The molecule has 3 nitrogen and oxygen atoms in total. The molecule has 1 aromatic heterocycles.